The Hall–Kier alpha value is -0.560. The van der Waals surface area contributed by atoms with E-state index in [1.54, 1.807) is 0 Å². The largest absolute Gasteiger partial charge is 0.400 e. The van der Waals surface area contributed by atoms with Gasteiger partial charge in [-0.2, -0.15) is 0 Å². The quantitative estimate of drug-likeness (QED) is 0.548. The van der Waals surface area contributed by atoms with Gasteiger partial charge in [-0.3, -0.25) is 0 Å². The molecule has 1 aliphatic rings. The predicted octanol–water partition coefficient (Wildman–Crippen LogP) is 2.84. The number of piperazine rings is 1. The molecule has 0 spiro atoms. The summed E-state index contributed by atoms with van der Waals surface area (Å²) >= 11 is 0. The molecule has 3 heteroatoms. The van der Waals surface area contributed by atoms with Gasteiger partial charge in [0.1, 0.15) is 0 Å². The van der Waals surface area contributed by atoms with Crippen LogP contribution in [0.3, 0.4) is 0 Å². The van der Waals surface area contributed by atoms with Crippen molar-refractivity contribution < 1.29 is 5.11 Å². The zero-order valence-corrected chi connectivity index (χ0v) is 14.0. The Morgan fingerprint density at radius 1 is 0.750 bits per heavy atom. The molecule has 1 heterocycles. The van der Waals surface area contributed by atoms with E-state index in [0.717, 1.165) is 7.11 Å². The average molecular weight is 284 g/mol. The third kappa shape index (κ3) is 12.5. The van der Waals surface area contributed by atoms with E-state index in [-0.39, 0.29) is 0 Å². The van der Waals surface area contributed by atoms with Crippen LogP contribution in [0.4, 0.5) is 0 Å². The Labute approximate surface area is 127 Å². The van der Waals surface area contributed by atoms with Crippen LogP contribution in [-0.4, -0.2) is 61.3 Å². The van der Waals surface area contributed by atoms with Crippen molar-refractivity contribution in [3.05, 3.63) is 0 Å². The number of aliphatic hydroxyl groups is 1. The summed E-state index contributed by atoms with van der Waals surface area (Å²) < 4.78 is 0. The molecule has 0 aromatic heterocycles. The van der Waals surface area contributed by atoms with Crippen LogP contribution < -0.4 is 0 Å². The van der Waals surface area contributed by atoms with E-state index in [4.69, 9.17) is 5.11 Å². The molecule has 120 valence electrons. The normalized spacial score (nSPS) is 15.7. The Morgan fingerprint density at radius 3 is 1.70 bits per heavy atom. The molecule has 1 saturated heterocycles. The standard InChI is InChI=1S/C14H30N2.C2H2.CH4O/c1-3-5-6-7-8-9-10-16-13-11-15(4-2)12-14-16;2*1-2/h3-14H2,1-2H3;1-2H;2H,1H3. The number of rotatable bonds is 8. The first-order chi connectivity index (χ1) is 9.86. The van der Waals surface area contributed by atoms with Crippen molar-refractivity contribution in [3.8, 4) is 12.8 Å². The van der Waals surface area contributed by atoms with Gasteiger partial charge in [0.25, 0.3) is 0 Å². The third-order valence-corrected chi connectivity index (χ3v) is 3.74. The van der Waals surface area contributed by atoms with Crippen LogP contribution in [0.5, 0.6) is 0 Å². The van der Waals surface area contributed by atoms with Crippen LogP contribution in [0, 0.1) is 12.8 Å². The molecule has 0 aromatic carbocycles. The average Bonchev–Trinajstić information content (AvgIpc) is 2.55. The summed E-state index contributed by atoms with van der Waals surface area (Å²) in [6, 6.07) is 0. The maximum Gasteiger partial charge on any atom is 0.0319 e. The molecule has 0 amide bonds. The van der Waals surface area contributed by atoms with Crippen molar-refractivity contribution in [1.29, 1.82) is 0 Å². The third-order valence-electron chi connectivity index (χ3n) is 3.74. The molecule has 1 N–H and O–H groups in total. The SMILES string of the molecule is C#C.CCCCCCCCN1CCN(CC)CC1.CO. The van der Waals surface area contributed by atoms with Gasteiger partial charge in [0.05, 0.1) is 0 Å². The van der Waals surface area contributed by atoms with Gasteiger partial charge in [0.15, 0.2) is 0 Å². The van der Waals surface area contributed by atoms with Crippen molar-refractivity contribution in [2.24, 2.45) is 0 Å². The van der Waals surface area contributed by atoms with Crippen molar-refractivity contribution in [3.63, 3.8) is 0 Å². The summed E-state index contributed by atoms with van der Waals surface area (Å²) in [7, 11) is 1.00. The van der Waals surface area contributed by atoms with Gasteiger partial charge < -0.3 is 14.9 Å². The molecule has 1 fully saturated rings. The second kappa shape index (κ2) is 18.4. The lowest BCUT2D eigenvalue weighted by Gasteiger charge is -2.33. The monoisotopic (exact) mass is 284 g/mol. The van der Waals surface area contributed by atoms with Crippen molar-refractivity contribution in [2.45, 2.75) is 52.4 Å². The number of aliphatic hydroxyl groups excluding tert-OH is 1. The Kier molecular flexibility index (Phi) is 20.0. The summed E-state index contributed by atoms with van der Waals surface area (Å²) in [4.78, 5) is 5.20. The summed E-state index contributed by atoms with van der Waals surface area (Å²) in [6.07, 6.45) is 16.5. The van der Waals surface area contributed by atoms with Crippen molar-refractivity contribution in [1.82, 2.24) is 9.80 Å². The Morgan fingerprint density at radius 2 is 1.20 bits per heavy atom. The van der Waals surface area contributed by atoms with Gasteiger partial charge in [-0.05, 0) is 19.5 Å². The highest BCUT2D eigenvalue weighted by atomic mass is 16.2. The lowest BCUT2D eigenvalue weighted by molar-refractivity contribution is 0.135. The molecule has 0 atom stereocenters. The zero-order chi connectivity index (χ0) is 15.6. The highest BCUT2D eigenvalue weighted by Crippen LogP contribution is 2.07. The molecule has 0 saturated carbocycles. The smallest absolute Gasteiger partial charge is 0.0319 e. The molecule has 0 aromatic rings. The van der Waals surface area contributed by atoms with E-state index < -0.39 is 0 Å². The second-order valence-electron chi connectivity index (χ2n) is 5.04. The summed E-state index contributed by atoms with van der Waals surface area (Å²) in [5.74, 6) is 0. The number of unbranched alkanes of at least 4 members (excludes halogenated alkanes) is 5. The van der Waals surface area contributed by atoms with Crippen LogP contribution in [0.15, 0.2) is 0 Å². The second-order valence-corrected chi connectivity index (χ2v) is 5.04. The molecular formula is C17H36N2O. The molecule has 1 rings (SSSR count). The molecule has 0 aliphatic carbocycles. The van der Waals surface area contributed by atoms with E-state index >= 15 is 0 Å². The topological polar surface area (TPSA) is 26.7 Å². The molecule has 0 bridgehead atoms. The summed E-state index contributed by atoms with van der Waals surface area (Å²) in [5, 5.41) is 7.00. The maximum absolute atomic E-state index is 7.00. The summed E-state index contributed by atoms with van der Waals surface area (Å²) in [5.41, 5.74) is 0. The van der Waals surface area contributed by atoms with Crippen LogP contribution in [-0.2, 0) is 0 Å². The molecule has 3 nitrogen and oxygen atoms in total. The minimum Gasteiger partial charge on any atom is -0.400 e. The molecule has 1 aliphatic heterocycles. The highest BCUT2D eigenvalue weighted by molar-refractivity contribution is 4.70. The van der Waals surface area contributed by atoms with Crippen molar-refractivity contribution >= 4 is 0 Å². The van der Waals surface area contributed by atoms with Crippen molar-refractivity contribution in [2.75, 3.05) is 46.4 Å². The van der Waals surface area contributed by atoms with Crippen LogP contribution in [0.1, 0.15) is 52.4 Å². The van der Waals surface area contributed by atoms with Gasteiger partial charge in [0.2, 0.25) is 0 Å². The number of hydrogen-bond acceptors (Lipinski definition) is 3. The van der Waals surface area contributed by atoms with E-state index in [0.29, 0.717) is 0 Å². The first-order valence-corrected chi connectivity index (χ1v) is 8.09. The lowest BCUT2D eigenvalue weighted by Crippen LogP contribution is -2.46. The van der Waals surface area contributed by atoms with Gasteiger partial charge in [-0.25, -0.2) is 0 Å². The van der Waals surface area contributed by atoms with Crippen LogP contribution in [0.25, 0.3) is 0 Å². The molecule has 0 radical (unpaired) electrons. The number of terminal acetylenes is 1. The van der Waals surface area contributed by atoms with E-state index in [2.05, 4.69) is 36.5 Å². The van der Waals surface area contributed by atoms with Crippen LogP contribution in [0.2, 0.25) is 0 Å². The van der Waals surface area contributed by atoms with Gasteiger partial charge in [-0.15, -0.1) is 12.8 Å². The van der Waals surface area contributed by atoms with E-state index in [1.165, 1.54) is 77.8 Å². The first-order valence-electron chi connectivity index (χ1n) is 8.09. The fourth-order valence-electron chi connectivity index (χ4n) is 2.44. The Bertz CT molecular complexity index is 187. The fraction of sp³-hybridized carbons (Fsp3) is 0.882. The maximum atomic E-state index is 7.00. The highest BCUT2D eigenvalue weighted by Gasteiger charge is 2.14. The summed E-state index contributed by atoms with van der Waals surface area (Å²) in [6.45, 7) is 12.3. The fourth-order valence-corrected chi connectivity index (χ4v) is 2.44. The van der Waals surface area contributed by atoms with E-state index in [1.807, 2.05) is 0 Å². The predicted molar refractivity (Wildman–Crippen MR) is 90.0 cm³/mol. The van der Waals surface area contributed by atoms with Crippen LogP contribution >= 0.6 is 0 Å². The number of hydrogen-bond donors (Lipinski definition) is 1. The molecular weight excluding hydrogens is 248 g/mol. The van der Waals surface area contributed by atoms with E-state index in [9.17, 15) is 0 Å². The Balaban J connectivity index is 0. The lowest BCUT2D eigenvalue weighted by atomic mass is 10.1. The van der Waals surface area contributed by atoms with Gasteiger partial charge in [0, 0.05) is 33.3 Å². The first kappa shape index (κ1) is 21.7. The number of nitrogens with zero attached hydrogens (tertiary/aromatic N) is 2. The molecule has 0 unspecified atom stereocenters. The minimum atomic E-state index is 1.00. The van der Waals surface area contributed by atoms with Gasteiger partial charge in [-0.1, -0.05) is 46.0 Å². The minimum absolute atomic E-state index is 1.00. The zero-order valence-electron chi connectivity index (χ0n) is 14.0. The molecule has 20 heavy (non-hydrogen) atoms. The number of likely N-dealkylation sites (N-methyl/N-ethyl adjacent to an activating group) is 1. The van der Waals surface area contributed by atoms with Gasteiger partial charge >= 0.3 is 0 Å².